The quantitative estimate of drug-likeness (QED) is 0.859. The van der Waals surface area contributed by atoms with E-state index in [2.05, 4.69) is 59.9 Å². The van der Waals surface area contributed by atoms with Crippen LogP contribution in [0.1, 0.15) is 32.8 Å². The van der Waals surface area contributed by atoms with E-state index in [4.69, 9.17) is 0 Å². The van der Waals surface area contributed by atoms with Crippen LogP contribution in [-0.2, 0) is 13.1 Å². The van der Waals surface area contributed by atoms with Crippen molar-refractivity contribution >= 4 is 0 Å². The molecule has 1 heterocycles. The SMILES string of the molecule is CCCn1ccnc1-c1ccc(CNC(C)C)cc1. The highest BCUT2D eigenvalue weighted by molar-refractivity contribution is 5.56. The number of aromatic nitrogens is 2. The van der Waals surface area contributed by atoms with Crippen LogP contribution in [0.15, 0.2) is 36.7 Å². The minimum absolute atomic E-state index is 0.517. The first-order valence-electron chi connectivity index (χ1n) is 7.04. The van der Waals surface area contributed by atoms with Gasteiger partial charge in [0.1, 0.15) is 5.82 Å². The second-order valence-electron chi connectivity index (χ2n) is 5.18. The fourth-order valence-electron chi connectivity index (χ4n) is 2.08. The molecule has 1 aromatic heterocycles. The summed E-state index contributed by atoms with van der Waals surface area (Å²) < 4.78 is 2.21. The number of benzene rings is 1. The summed E-state index contributed by atoms with van der Waals surface area (Å²) in [6.45, 7) is 8.45. The molecule has 0 saturated heterocycles. The van der Waals surface area contributed by atoms with Crippen molar-refractivity contribution in [1.29, 1.82) is 0 Å². The summed E-state index contributed by atoms with van der Waals surface area (Å²) in [6, 6.07) is 9.19. The highest BCUT2D eigenvalue weighted by Crippen LogP contribution is 2.18. The van der Waals surface area contributed by atoms with Gasteiger partial charge in [-0.2, -0.15) is 0 Å². The Hall–Kier alpha value is -1.61. The van der Waals surface area contributed by atoms with Gasteiger partial charge in [-0.15, -0.1) is 0 Å². The Bertz CT molecular complexity index is 497. The lowest BCUT2D eigenvalue weighted by Gasteiger charge is -2.09. The van der Waals surface area contributed by atoms with E-state index in [1.165, 1.54) is 11.1 Å². The van der Waals surface area contributed by atoms with Gasteiger partial charge in [0.25, 0.3) is 0 Å². The lowest BCUT2D eigenvalue weighted by Crippen LogP contribution is -2.21. The maximum Gasteiger partial charge on any atom is 0.139 e. The number of hydrogen-bond acceptors (Lipinski definition) is 2. The molecule has 0 spiro atoms. The summed E-state index contributed by atoms with van der Waals surface area (Å²) in [4.78, 5) is 4.46. The Morgan fingerprint density at radius 3 is 2.58 bits per heavy atom. The fourth-order valence-corrected chi connectivity index (χ4v) is 2.08. The topological polar surface area (TPSA) is 29.9 Å². The highest BCUT2D eigenvalue weighted by Gasteiger charge is 2.05. The molecule has 0 unspecified atom stereocenters. The average molecular weight is 257 g/mol. The molecule has 0 atom stereocenters. The molecule has 0 amide bonds. The molecule has 19 heavy (non-hydrogen) atoms. The van der Waals surface area contributed by atoms with Crippen LogP contribution >= 0.6 is 0 Å². The first kappa shape index (κ1) is 13.8. The molecular weight excluding hydrogens is 234 g/mol. The standard InChI is InChI=1S/C16H23N3/c1-4-10-19-11-9-17-16(19)15-7-5-14(6-8-15)12-18-13(2)3/h5-9,11,13,18H,4,10,12H2,1-3H3. The van der Waals surface area contributed by atoms with Crippen LogP contribution in [0.25, 0.3) is 11.4 Å². The van der Waals surface area contributed by atoms with Crippen molar-refractivity contribution in [3.63, 3.8) is 0 Å². The van der Waals surface area contributed by atoms with Gasteiger partial charge in [-0.3, -0.25) is 0 Å². The molecule has 1 aromatic carbocycles. The Labute approximate surface area is 115 Å². The Morgan fingerprint density at radius 1 is 1.21 bits per heavy atom. The summed E-state index contributed by atoms with van der Waals surface area (Å²) in [5, 5.41) is 3.43. The summed E-state index contributed by atoms with van der Waals surface area (Å²) >= 11 is 0. The number of hydrogen-bond donors (Lipinski definition) is 1. The van der Waals surface area contributed by atoms with Gasteiger partial charge < -0.3 is 9.88 Å². The lowest BCUT2D eigenvalue weighted by molar-refractivity contribution is 0.589. The van der Waals surface area contributed by atoms with Crippen molar-refractivity contribution in [2.24, 2.45) is 0 Å². The van der Waals surface area contributed by atoms with E-state index in [0.717, 1.165) is 25.3 Å². The third-order valence-electron chi connectivity index (χ3n) is 3.11. The molecule has 0 aliphatic heterocycles. The smallest absolute Gasteiger partial charge is 0.139 e. The summed E-state index contributed by atoms with van der Waals surface area (Å²) in [5.41, 5.74) is 2.50. The van der Waals surface area contributed by atoms with Crippen molar-refractivity contribution in [3.8, 4) is 11.4 Å². The molecule has 102 valence electrons. The second-order valence-corrected chi connectivity index (χ2v) is 5.18. The van der Waals surface area contributed by atoms with Crippen molar-refractivity contribution in [2.45, 2.75) is 46.3 Å². The first-order valence-corrected chi connectivity index (χ1v) is 7.04. The largest absolute Gasteiger partial charge is 0.331 e. The van der Waals surface area contributed by atoms with Gasteiger partial charge in [0.2, 0.25) is 0 Å². The molecular formula is C16H23N3. The van der Waals surface area contributed by atoms with Crippen LogP contribution in [0.2, 0.25) is 0 Å². The average Bonchev–Trinajstić information content (AvgIpc) is 2.86. The van der Waals surface area contributed by atoms with E-state index in [0.29, 0.717) is 6.04 Å². The minimum atomic E-state index is 0.517. The summed E-state index contributed by atoms with van der Waals surface area (Å²) in [6.07, 6.45) is 5.05. The number of nitrogens with one attached hydrogen (secondary N) is 1. The summed E-state index contributed by atoms with van der Waals surface area (Å²) in [5.74, 6) is 1.06. The Kier molecular flexibility index (Phi) is 4.74. The van der Waals surface area contributed by atoms with Crippen molar-refractivity contribution in [3.05, 3.63) is 42.2 Å². The second kappa shape index (κ2) is 6.53. The van der Waals surface area contributed by atoms with E-state index in [9.17, 15) is 0 Å². The number of imidazole rings is 1. The molecule has 0 aliphatic rings. The summed E-state index contributed by atoms with van der Waals surface area (Å²) in [7, 11) is 0. The molecule has 0 aliphatic carbocycles. The lowest BCUT2D eigenvalue weighted by atomic mass is 10.1. The van der Waals surface area contributed by atoms with E-state index in [1.807, 2.05) is 12.4 Å². The Morgan fingerprint density at radius 2 is 1.95 bits per heavy atom. The molecule has 2 aromatic rings. The zero-order valence-corrected chi connectivity index (χ0v) is 12.1. The van der Waals surface area contributed by atoms with Gasteiger partial charge in [0, 0.05) is 37.1 Å². The van der Waals surface area contributed by atoms with Crippen LogP contribution < -0.4 is 5.32 Å². The van der Waals surface area contributed by atoms with Gasteiger partial charge >= 0.3 is 0 Å². The molecule has 0 bridgehead atoms. The van der Waals surface area contributed by atoms with E-state index < -0.39 is 0 Å². The van der Waals surface area contributed by atoms with Crippen LogP contribution in [0.4, 0.5) is 0 Å². The van der Waals surface area contributed by atoms with Crippen molar-refractivity contribution in [1.82, 2.24) is 14.9 Å². The zero-order chi connectivity index (χ0) is 13.7. The highest BCUT2D eigenvalue weighted by atomic mass is 15.1. The van der Waals surface area contributed by atoms with E-state index >= 15 is 0 Å². The third kappa shape index (κ3) is 3.67. The molecule has 0 saturated carbocycles. The monoisotopic (exact) mass is 257 g/mol. The predicted molar refractivity (Wildman–Crippen MR) is 79.9 cm³/mol. The van der Waals surface area contributed by atoms with Crippen molar-refractivity contribution < 1.29 is 0 Å². The van der Waals surface area contributed by atoms with E-state index in [1.54, 1.807) is 0 Å². The van der Waals surface area contributed by atoms with Gasteiger partial charge in [0.05, 0.1) is 0 Å². The van der Waals surface area contributed by atoms with Gasteiger partial charge in [0.15, 0.2) is 0 Å². The van der Waals surface area contributed by atoms with Gasteiger partial charge in [-0.25, -0.2) is 4.98 Å². The molecule has 1 N–H and O–H groups in total. The van der Waals surface area contributed by atoms with Crippen LogP contribution in [0, 0.1) is 0 Å². The fraction of sp³-hybridized carbons (Fsp3) is 0.438. The molecule has 0 fully saturated rings. The number of nitrogens with zero attached hydrogens (tertiary/aromatic N) is 2. The molecule has 0 radical (unpaired) electrons. The number of aryl methyl sites for hydroxylation is 1. The molecule has 3 heteroatoms. The maximum atomic E-state index is 4.46. The van der Waals surface area contributed by atoms with Gasteiger partial charge in [-0.1, -0.05) is 45.0 Å². The zero-order valence-electron chi connectivity index (χ0n) is 12.1. The minimum Gasteiger partial charge on any atom is -0.331 e. The van der Waals surface area contributed by atoms with E-state index in [-0.39, 0.29) is 0 Å². The Balaban J connectivity index is 2.11. The van der Waals surface area contributed by atoms with Crippen LogP contribution in [-0.4, -0.2) is 15.6 Å². The third-order valence-corrected chi connectivity index (χ3v) is 3.11. The maximum absolute atomic E-state index is 4.46. The first-order chi connectivity index (χ1) is 9.20. The molecule has 3 nitrogen and oxygen atoms in total. The van der Waals surface area contributed by atoms with Crippen LogP contribution in [0.3, 0.4) is 0 Å². The normalized spacial score (nSPS) is 11.2. The number of rotatable bonds is 6. The van der Waals surface area contributed by atoms with Gasteiger partial charge in [-0.05, 0) is 12.0 Å². The van der Waals surface area contributed by atoms with Crippen LogP contribution in [0.5, 0.6) is 0 Å². The molecule has 2 rings (SSSR count). The van der Waals surface area contributed by atoms with Crippen molar-refractivity contribution in [2.75, 3.05) is 0 Å². The predicted octanol–water partition coefficient (Wildman–Crippen LogP) is 3.46.